The van der Waals surface area contributed by atoms with E-state index in [9.17, 15) is 5.11 Å². The minimum atomic E-state index is -0.390. The van der Waals surface area contributed by atoms with E-state index in [1.54, 1.807) is 18.0 Å². The van der Waals surface area contributed by atoms with Crippen LogP contribution >= 0.6 is 0 Å². The van der Waals surface area contributed by atoms with E-state index in [2.05, 4.69) is 5.10 Å². The van der Waals surface area contributed by atoms with Crippen LogP contribution in [0.25, 0.3) is 0 Å². The quantitative estimate of drug-likeness (QED) is 0.690. The highest BCUT2D eigenvalue weighted by Crippen LogP contribution is 1.95. The third-order valence-corrected chi connectivity index (χ3v) is 1.61. The number of hydrogen-bond donors (Lipinski definition) is 1. The third kappa shape index (κ3) is 3.02. The minimum absolute atomic E-state index is 0.390. The monoisotopic (exact) mass is 170 g/mol. The molecule has 0 saturated carbocycles. The van der Waals surface area contributed by atoms with Crippen molar-refractivity contribution in [2.75, 3.05) is 13.7 Å². The smallest absolute Gasteiger partial charge is 0.0791 e. The highest BCUT2D eigenvalue weighted by atomic mass is 16.5. The molecule has 68 valence electrons. The maximum Gasteiger partial charge on any atom is 0.0791 e. The molecule has 0 aliphatic rings. The van der Waals surface area contributed by atoms with Gasteiger partial charge in [0.2, 0.25) is 0 Å². The second-order valence-corrected chi connectivity index (χ2v) is 2.67. The highest BCUT2D eigenvalue weighted by Gasteiger charge is 2.02. The van der Waals surface area contributed by atoms with Crippen LogP contribution < -0.4 is 0 Å². The molecule has 0 aliphatic heterocycles. The van der Waals surface area contributed by atoms with Gasteiger partial charge in [0.05, 0.1) is 12.7 Å². The fourth-order valence-electron chi connectivity index (χ4n) is 0.990. The lowest BCUT2D eigenvalue weighted by Crippen LogP contribution is -2.16. The SMILES string of the molecule is COC[C@@H](O)CCn1cccn1. The van der Waals surface area contributed by atoms with Gasteiger partial charge >= 0.3 is 0 Å². The van der Waals surface area contributed by atoms with Crippen molar-refractivity contribution in [1.82, 2.24) is 9.78 Å². The zero-order chi connectivity index (χ0) is 8.81. The molecule has 0 fully saturated rings. The van der Waals surface area contributed by atoms with Gasteiger partial charge in [0, 0.05) is 26.0 Å². The summed E-state index contributed by atoms with van der Waals surface area (Å²) in [7, 11) is 1.58. The van der Waals surface area contributed by atoms with Gasteiger partial charge in [-0.1, -0.05) is 0 Å². The fourth-order valence-corrected chi connectivity index (χ4v) is 0.990. The molecule has 12 heavy (non-hydrogen) atoms. The molecule has 0 unspecified atom stereocenters. The topological polar surface area (TPSA) is 47.3 Å². The number of aliphatic hydroxyl groups is 1. The molecule has 0 spiro atoms. The Kier molecular flexibility index (Phi) is 3.76. The first kappa shape index (κ1) is 9.22. The molecule has 0 amide bonds. The molecule has 1 heterocycles. The molecule has 1 atom stereocenters. The number of aliphatic hydroxyl groups excluding tert-OH is 1. The zero-order valence-corrected chi connectivity index (χ0v) is 7.18. The van der Waals surface area contributed by atoms with Crippen LogP contribution in [0.1, 0.15) is 6.42 Å². The number of ether oxygens (including phenoxy) is 1. The zero-order valence-electron chi connectivity index (χ0n) is 7.18. The lowest BCUT2D eigenvalue weighted by molar-refractivity contribution is 0.0559. The summed E-state index contributed by atoms with van der Waals surface area (Å²) in [6.07, 6.45) is 3.89. The average molecular weight is 170 g/mol. The fraction of sp³-hybridized carbons (Fsp3) is 0.625. The lowest BCUT2D eigenvalue weighted by atomic mass is 10.3. The number of hydrogen-bond acceptors (Lipinski definition) is 3. The molecule has 0 aliphatic carbocycles. The molecule has 0 aromatic carbocycles. The minimum Gasteiger partial charge on any atom is -0.391 e. The third-order valence-electron chi connectivity index (χ3n) is 1.61. The second-order valence-electron chi connectivity index (χ2n) is 2.67. The van der Waals surface area contributed by atoms with Gasteiger partial charge in [0.25, 0.3) is 0 Å². The summed E-state index contributed by atoms with van der Waals surface area (Å²) >= 11 is 0. The van der Waals surface area contributed by atoms with Gasteiger partial charge in [-0.05, 0) is 12.5 Å². The summed E-state index contributed by atoms with van der Waals surface area (Å²) in [5, 5.41) is 13.3. The van der Waals surface area contributed by atoms with Crippen LogP contribution in [0.3, 0.4) is 0 Å². The van der Waals surface area contributed by atoms with Gasteiger partial charge in [-0.15, -0.1) is 0 Å². The van der Waals surface area contributed by atoms with Crippen LogP contribution in [0, 0.1) is 0 Å². The van der Waals surface area contributed by atoms with Crippen LogP contribution in [0.2, 0.25) is 0 Å². The molecule has 1 N–H and O–H groups in total. The van der Waals surface area contributed by atoms with Crippen molar-refractivity contribution in [2.45, 2.75) is 19.1 Å². The van der Waals surface area contributed by atoms with E-state index in [-0.39, 0.29) is 6.10 Å². The number of rotatable bonds is 5. The Labute approximate surface area is 71.8 Å². The van der Waals surface area contributed by atoms with Crippen molar-refractivity contribution in [3.8, 4) is 0 Å². The van der Waals surface area contributed by atoms with Crippen LogP contribution in [0.4, 0.5) is 0 Å². The van der Waals surface area contributed by atoms with E-state index >= 15 is 0 Å². The Morgan fingerprint density at radius 3 is 3.08 bits per heavy atom. The van der Waals surface area contributed by atoms with Crippen LogP contribution in [0.5, 0.6) is 0 Å². The summed E-state index contributed by atoms with van der Waals surface area (Å²) in [5.74, 6) is 0. The summed E-state index contributed by atoms with van der Waals surface area (Å²) in [6, 6.07) is 1.86. The van der Waals surface area contributed by atoms with Crippen molar-refractivity contribution in [3.05, 3.63) is 18.5 Å². The van der Waals surface area contributed by atoms with Gasteiger partial charge in [0.15, 0.2) is 0 Å². The predicted molar refractivity (Wildman–Crippen MR) is 44.7 cm³/mol. The Morgan fingerprint density at radius 1 is 1.67 bits per heavy atom. The molecular weight excluding hydrogens is 156 g/mol. The normalized spacial score (nSPS) is 13.2. The van der Waals surface area contributed by atoms with E-state index < -0.39 is 0 Å². The maximum absolute atomic E-state index is 9.28. The number of aryl methyl sites for hydroxylation is 1. The first-order valence-electron chi connectivity index (χ1n) is 3.97. The standard InChI is InChI=1S/C8H14N2O2/c1-12-7-8(11)3-6-10-5-2-4-9-10/h2,4-5,8,11H,3,6-7H2,1H3/t8-/m0/s1. The Hall–Kier alpha value is -0.870. The number of nitrogens with zero attached hydrogens (tertiary/aromatic N) is 2. The van der Waals surface area contributed by atoms with E-state index in [4.69, 9.17) is 4.74 Å². The van der Waals surface area contributed by atoms with Gasteiger partial charge in [-0.25, -0.2) is 0 Å². The van der Waals surface area contributed by atoms with Gasteiger partial charge in [-0.3, -0.25) is 4.68 Å². The van der Waals surface area contributed by atoms with E-state index in [1.807, 2.05) is 12.3 Å². The summed E-state index contributed by atoms with van der Waals surface area (Å²) < 4.78 is 6.58. The molecule has 0 radical (unpaired) electrons. The largest absolute Gasteiger partial charge is 0.391 e. The van der Waals surface area contributed by atoms with Gasteiger partial charge in [0.1, 0.15) is 0 Å². The molecule has 4 heteroatoms. The van der Waals surface area contributed by atoms with E-state index in [0.29, 0.717) is 13.0 Å². The molecule has 1 rings (SSSR count). The average Bonchev–Trinajstić information content (AvgIpc) is 2.53. The predicted octanol–water partition coefficient (Wildman–Crippen LogP) is 0.280. The maximum atomic E-state index is 9.28. The summed E-state index contributed by atoms with van der Waals surface area (Å²) in [5.41, 5.74) is 0. The van der Waals surface area contributed by atoms with Crippen LogP contribution in [-0.4, -0.2) is 34.7 Å². The van der Waals surface area contributed by atoms with Gasteiger partial charge in [-0.2, -0.15) is 5.10 Å². The Bertz CT molecular complexity index is 199. The van der Waals surface area contributed by atoms with E-state index in [1.165, 1.54) is 0 Å². The number of aromatic nitrogens is 2. The van der Waals surface area contributed by atoms with Crippen molar-refractivity contribution < 1.29 is 9.84 Å². The van der Waals surface area contributed by atoms with Crippen molar-refractivity contribution >= 4 is 0 Å². The molecule has 0 saturated heterocycles. The Morgan fingerprint density at radius 2 is 2.50 bits per heavy atom. The van der Waals surface area contributed by atoms with E-state index in [0.717, 1.165) is 6.54 Å². The molecular formula is C8H14N2O2. The van der Waals surface area contributed by atoms with Crippen molar-refractivity contribution in [3.63, 3.8) is 0 Å². The summed E-state index contributed by atoms with van der Waals surface area (Å²) in [4.78, 5) is 0. The molecule has 4 nitrogen and oxygen atoms in total. The first-order valence-corrected chi connectivity index (χ1v) is 3.97. The molecule has 0 bridgehead atoms. The van der Waals surface area contributed by atoms with Crippen LogP contribution in [-0.2, 0) is 11.3 Å². The molecule has 1 aromatic heterocycles. The number of methoxy groups -OCH3 is 1. The lowest BCUT2D eigenvalue weighted by Gasteiger charge is -2.08. The second kappa shape index (κ2) is 4.90. The first-order chi connectivity index (χ1) is 5.83. The summed E-state index contributed by atoms with van der Waals surface area (Å²) in [6.45, 7) is 1.12. The van der Waals surface area contributed by atoms with Crippen molar-refractivity contribution in [1.29, 1.82) is 0 Å². The van der Waals surface area contributed by atoms with Gasteiger partial charge < -0.3 is 9.84 Å². The molecule has 1 aromatic rings. The Balaban J connectivity index is 2.17. The van der Waals surface area contributed by atoms with Crippen LogP contribution in [0.15, 0.2) is 18.5 Å². The highest BCUT2D eigenvalue weighted by molar-refractivity contribution is 4.77. The van der Waals surface area contributed by atoms with Crippen molar-refractivity contribution in [2.24, 2.45) is 0 Å².